The number of hydrogen-bond acceptors (Lipinski definition) is 8. The molecule has 8 rings (SSSR count). The van der Waals surface area contributed by atoms with Gasteiger partial charge >= 0.3 is 4.87 Å². The van der Waals surface area contributed by atoms with Gasteiger partial charge in [-0.05, 0) is 84.6 Å². The number of hydrogen-bond donors (Lipinski definition) is 3. The predicted octanol–water partition coefficient (Wildman–Crippen LogP) is 4.57. The number of imidazole rings is 1. The Balaban J connectivity index is 1.18. The van der Waals surface area contributed by atoms with Crippen LogP contribution in [0.4, 0.5) is 5.82 Å². The molecule has 2 aromatic carbocycles. The summed E-state index contributed by atoms with van der Waals surface area (Å²) in [6.45, 7) is 0. The summed E-state index contributed by atoms with van der Waals surface area (Å²) in [6, 6.07) is 20.7. The molecule has 7 aromatic rings. The average Bonchev–Trinajstić information content (AvgIpc) is 3.82. The van der Waals surface area contributed by atoms with Gasteiger partial charge in [-0.15, -0.1) is 0 Å². The van der Waals surface area contributed by atoms with E-state index in [0.29, 0.717) is 39.8 Å². The van der Waals surface area contributed by atoms with E-state index in [1.807, 2.05) is 47.2 Å². The molecule has 11 nitrogen and oxygen atoms in total. The van der Waals surface area contributed by atoms with Crippen LogP contribution in [0.15, 0.2) is 90.1 Å². The van der Waals surface area contributed by atoms with Crippen molar-refractivity contribution in [3.05, 3.63) is 112 Å². The van der Waals surface area contributed by atoms with Crippen molar-refractivity contribution in [1.82, 2.24) is 39.6 Å². The standard InChI is InChI=1S/C31H23N9O2S/c32-27-21(3-1-12-33-27)28-35-24-10-11-26(39-14-2-13-34-39)38-29(24)40(28)19-6-7-20-17(15-19)4-8-22(20)36-30(41)18-5-9-23-25(16-18)43-31(42)37-23/h1-3,5-7,9-16,22H,4,8H2,(H2,32,33)(H,36,41)(H,37,42)/t22-/m0/s1. The number of carbonyl (C=O) groups excluding carboxylic acids is 1. The highest BCUT2D eigenvalue weighted by Gasteiger charge is 2.26. The summed E-state index contributed by atoms with van der Waals surface area (Å²) in [5.74, 6) is 1.50. The fraction of sp³-hybridized carbons (Fsp3) is 0.0968. The Labute approximate surface area is 247 Å². The number of carbonyl (C=O) groups is 1. The van der Waals surface area contributed by atoms with Crippen LogP contribution in [0.2, 0.25) is 0 Å². The second kappa shape index (κ2) is 9.74. The van der Waals surface area contributed by atoms with E-state index in [-0.39, 0.29) is 16.8 Å². The van der Waals surface area contributed by atoms with Crippen molar-refractivity contribution in [3.63, 3.8) is 0 Å². The molecule has 210 valence electrons. The van der Waals surface area contributed by atoms with Crippen LogP contribution in [0.3, 0.4) is 0 Å². The molecule has 0 spiro atoms. The van der Waals surface area contributed by atoms with E-state index in [1.165, 1.54) is 0 Å². The van der Waals surface area contributed by atoms with E-state index in [9.17, 15) is 9.59 Å². The van der Waals surface area contributed by atoms with E-state index >= 15 is 0 Å². The van der Waals surface area contributed by atoms with E-state index in [4.69, 9.17) is 15.7 Å². The second-order valence-corrected chi connectivity index (χ2v) is 11.4. The Morgan fingerprint density at radius 3 is 2.84 bits per heavy atom. The Morgan fingerprint density at radius 1 is 1.05 bits per heavy atom. The van der Waals surface area contributed by atoms with Crippen molar-refractivity contribution in [2.75, 3.05) is 5.73 Å². The van der Waals surface area contributed by atoms with Crippen LogP contribution >= 0.6 is 11.3 Å². The number of pyridine rings is 2. The highest BCUT2D eigenvalue weighted by Crippen LogP contribution is 2.36. The number of aromatic amines is 1. The van der Waals surface area contributed by atoms with Crippen LogP contribution in [-0.2, 0) is 6.42 Å². The first-order valence-electron chi connectivity index (χ1n) is 13.7. The first kappa shape index (κ1) is 25.1. The first-order valence-corrected chi connectivity index (χ1v) is 14.5. The maximum absolute atomic E-state index is 13.2. The predicted molar refractivity (Wildman–Crippen MR) is 165 cm³/mol. The summed E-state index contributed by atoms with van der Waals surface area (Å²) < 4.78 is 4.47. The molecule has 5 heterocycles. The Bertz CT molecular complexity index is 2250. The van der Waals surface area contributed by atoms with E-state index in [1.54, 1.807) is 35.3 Å². The van der Waals surface area contributed by atoms with Gasteiger partial charge in [0.15, 0.2) is 17.3 Å². The molecule has 43 heavy (non-hydrogen) atoms. The smallest absolute Gasteiger partial charge is 0.305 e. The number of nitrogens with one attached hydrogen (secondary N) is 2. The molecule has 1 aliphatic rings. The molecule has 0 saturated carbocycles. The summed E-state index contributed by atoms with van der Waals surface area (Å²) in [5.41, 5.74) is 12.7. The van der Waals surface area contributed by atoms with Crippen molar-refractivity contribution in [1.29, 1.82) is 0 Å². The van der Waals surface area contributed by atoms with Crippen LogP contribution in [0, 0.1) is 0 Å². The topological polar surface area (TPSA) is 149 Å². The molecule has 0 radical (unpaired) electrons. The zero-order valence-electron chi connectivity index (χ0n) is 22.6. The van der Waals surface area contributed by atoms with Crippen molar-refractivity contribution in [2.24, 2.45) is 0 Å². The Hall–Kier alpha value is -5.62. The van der Waals surface area contributed by atoms with Crippen LogP contribution < -0.4 is 15.9 Å². The van der Waals surface area contributed by atoms with Gasteiger partial charge in [0.1, 0.15) is 11.3 Å². The number of fused-ring (bicyclic) bond motifs is 3. The highest BCUT2D eigenvalue weighted by atomic mass is 32.1. The van der Waals surface area contributed by atoms with E-state index < -0.39 is 0 Å². The summed E-state index contributed by atoms with van der Waals surface area (Å²) in [7, 11) is 0. The molecule has 0 fully saturated rings. The van der Waals surface area contributed by atoms with Crippen LogP contribution in [0.1, 0.15) is 33.9 Å². The third-order valence-electron chi connectivity index (χ3n) is 7.76. The Kier molecular flexibility index (Phi) is 5.69. The molecule has 4 N–H and O–H groups in total. The third-order valence-corrected chi connectivity index (χ3v) is 8.60. The monoisotopic (exact) mass is 585 g/mol. The molecule has 5 aromatic heterocycles. The number of aromatic nitrogens is 7. The van der Waals surface area contributed by atoms with Crippen molar-refractivity contribution in [2.45, 2.75) is 18.9 Å². The van der Waals surface area contributed by atoms with Gasteiger partial charge in [0, 0.05) is 29.8 Å². The SMILES string of the molecule is Nc1ncccc1-c1nc2ccc(-n3cccn3)nc2n1-c1ccc2c(c1)CC[C@@H]2NC(=O)c1ccc2[nH]c(=O)sc2c1. The number of thiazole rings is 1. The number of benzene rings is 2. The number of nitrogens with zero attached hydrogens (tertiary/aromatic N) is 6. The lowest BCUT2D eigenvalue weighted by molar-refractivity contribution is 0.0937. The van der Waals surface area contributed by atoms with Crippen molar-refractivity contribution < 1.29 is 4.79 Å². The fourth-order valence-electron chi connectivity index (χ4n) is 5.73. The van der Waals surface area contributed by atoms with Gasteiger partial charge < -0.3 is 16.0 Å². The normalized spacial score (nSPS) is 14.4. The molecule has 0 unspecified atom stereocenters. The number of aryl methyl sites for hydroxylation is 1. The average molecular weight is 586 g/mol. The molecular weight excluding hydrogens is 562 g/mol. The van der Waals surface area contributed by atoms with Crippen LogP contribution in [0.25, 0.3) is 44.3 Å². The van der Waals surface area contributed by atoms with Crippen molar-refractivity contribution in [3.8, 4) is 22.9 Å². The number of nitrogen functional groups attached to an aromatic ring is 1. The Morgan fingerprint density at radius 2 is 1.98 bits per heavy atom. The van der Waals surface area contributed by atoms with Gasteiger partial charge in [0.2, 0.25) is 0 Å². The van der Waals surface area contributed by atoms with E-state index in [2.05, 4.69) is 32.5 Å². The third kappa shape index (κ3) is 4.27. The van der Waals surface area contributed by atoms with Crippen LogP contribution in [0.5, 0.6) is 0 Å². The first-order chi connectivity index (χ1) is 21.0. The molecule has 1 amide bonds. The molecule has 0 aliphatic heterocycles. The molecular formula is C31H23N9O2S. The summed E-state index contributed by atoms with van der Waals surface area (Å²) in [5, 5.41) is 7.52. The van der Waals surface area contributed by atoms with Gasteiger partial charge in [-0.3, -0.25) is 14.2 Å². The van der Waals surface area contributed by atoms with Gasteiger partial charge in [-0.2, -0.15) is 5.10 Å². The van der Waals surface area contributed by atoms with Gasteiger partial charge in [-0.25, -0.2) is 19.6 Å². The molecule has 0 saturated heterocycles. The maximum atomic E-state index is 13.2. The lowest BCUT2D eigenvalue weighted by atomic mass is 10.1. The number of nitrogens with two attached hydrogens (primary N) is 1. The van der Waals surface area contributed by atoms with Gasteiger partial charge in [0.25, 0.3) is 5.91 Å². The number of anilines is 1. The molecule has 12 heteroatoms. The maximum Gasteiger partial charge on any atom is 0.305 e. The van der Waals surface area contributed by atoms with Gasteiger partial charge in [-0.1, -0.05) is 17.4 Å². The summed E-state index contributed by atoms with van der Waals surface area (Å²) in [6.07, 6.45) is 6.79. The summed E-state index contributed by atoms with van der Waals surface area (Å²) in [4.78, 5) is 41.7. The zero-order valence-corrected chi connectivity index (χ0v) is 23.4. The molecule has 0 bridgehead atoms. The minimum Gasteiger partial charge on any atom is -0.383 e. The lowest BCUT2D eigenvalue weighted by Crippen LogP contribution is -2.27. The lowest BCUT2D eigenvalue weighted by Gasteiger charge is -2.16. The van der Waals surface area contributed by atoms with Crippen LogP contribution in [-0.4, -0.2) is 40.2 Å². The molecule has 1 aliphatic carbocycles. The quantitative estimate of drug-likeness (QED) is 0.268. The number of rotatable bonds is 5. The minimum atomic E-state index is -0.171. The summed E-state index contributed by atoms with van der Waals surface area (Å²) >= 11 is 1.10. The minimum absolute atomic E-state index is 0.130. The number of amides is 1. The van der Waals surface area contributed by atoms with E-state index in [0.717, 1.165) is 51.2 Å². The molecule has 1 atom stereocenters. The van der Waals surface area contributed by atoms with Crippen molar-refractivity contribution >= 4 is 44.4 Å². The fourth-order valence-corrected chi connectivity index (χ4v) is 6.51. The largest absolute Gasteiger partial charge is 0.383 e. The highest BCUT2D eigenvalue weighted by molar-refractivity contribution is 7.16. The second-order valence-electron chi connectivity index (χ2n) is 10.3. The van der Waals surface area contributed by atoms with Gasteiger partial charge in [0.05, 0.1) is 21.8 Å². The number of H-pyrrole nitrogens is 1. The zero-order chi connectivity index (χ0) is 29.1.